The van der Waals surface area contributed by atoms with Gasteiger partial charge in [0.2, 0.25) is 0 Å². The molecule has 0 bridgehead atoms. The van der Waals surface area contributed by atoms with Crippen LogP contribution >= 0.6 is 0 Å². The van der Waals surface area contributed by atoms with E-state index < -0.39 is 0 Å². The SMILES string of the molecule is c1nn(C2CCCC2)cc1OC1CCCCN1. The minimum Gasteiger partial charge on any atom is -0.472 e. The normalized spacial score (nSPS) is 26.2. The Bertz CT molecular complexity index is 351. The van der Waals surface area contributed by atoms with Gasteiger partial charge in [-0.1, -0.05) is 12.8 Å². The quantitative estimate of drug-likeness (QED) is 0.874. The van der Waals surface area contributed by atoms with Crippen molar-refractivity contribution in [3.8, 4) is 5.75 Å². The molecule has 1 aliphatic heterocycles. The second-order valence-corrected chi connectivity index (χ2v) is 5.15. The van der Waals surface area contributed by atoms with Crippen molar-refractivity contribution < 1.29 is 4.74 Å². The first kappa shape index (κ1) is 11.1. The summed E-state index contributed by atoms with van der Waals surface area (Å²) in [6.45, 7) is 1.07. The van der Waals surface area contributed by atoms with Gasteiger partial charge in [-0.2, -0.15) is 5.10 Å². The van der Waals surface area contributed by atoms with Gasteiger partial charge in [-0.3, -0.25) is 10.00 Å². The van der Waals surface area contributed by atoms with E-state index in [9.17, 15) is 0 Å². The summed E-state index contributed by atoms with van der Waals surface area (Å²) in [6, 6.07) is 0.603. The van der Waals surface area contributed by atoms with E-state index in [0.29, 0.717) is 6.04 Å². The highest BCUT2D eigenvalue weighted by Crippen LogP contribution is 2.30. The number of hydrogen-bond acceptors (Lipinski definition) is 3. The molecule has 3 rings (SSSR count). The molecule has 1 saturated heterocycles. The van der Waals surface area contributed by atoms with Gasteiger partial charge >= 0.3 is 0 Å². The third kappa shape index (κ3) is 2.63. The largest absolute Gasteiger partial charge is 0.472 e. The van der Waals surface area contributed by atoms with Crippen molar-refractivity contribution in [1.29, 1.82) is 0 Å². The number of hydrogen-bond donors (Lipinski definition) is 1. The Morgan fingerprint density at radius 1 is 1.18 bits per heavy atom. The zero-order chi connectivity index (χ0) is 11.5. The predicted octanol–water partition coefficient (Wildman–Crippen LogP) is 2.48. The third-order valence-electron chi connectivity index (χ3n) is 3.82. The lowest BCUT2D eigenvalue weighted by Crippen LogP contribution is -2.38. The van der Waals surface area contributed by atoms with Crippen LogP contribution in [0.15, 0.2) is 12.4 Å². The van der Waals surface area contributed by atoms with Gasteiger partial charge in [0.05, 0.1) is 18.4 Å². The Morgan fingerprint density at radius 3 is 2.76 bits per heavy atom. The zero-order valence-corrected chi connectivity index (χ0v) is 10.3. The van der Waals surface area contributed by atoms with Crippen molar-refractivity contribution in [1.82, 2.24) is 15.1 Å². The summed E-state index contributed by atoms with van der Waals surface area (Å²) in [6.07, 6.45) is 12.9. The van der Waals surface area contributed by atoms with Gasteiger partial charge < -0.3 is 4.74 Å². The Hall–Kier alpha value is -1.03. The highest BCUT2D eigenvalue weighted by atomic mass is 16.5. The van der Waals surface area contributed by atoms with E-state index in [-0.39, 0.29) is 6.23 Å². The fourth-order valence-electron chi connectivity index (χ4n) is 2.83. The van der Waals surface area contributed by atoms with Crippen molar-refractivity contribution in [2.45, 2.75) is 57.2 Å². The minimum absolute atomic E-state index is 0.185. The topological polar surface area (TPSA) is 39.1 Å². The van der Waals surface area contributed by atoms with E-state index in [2.05, 4.69) is 21.3 Å². The molecule has 1 unspecified atom stereocenters. The lowest BCUT2D eigenvalue weighted by atomic mass is 10.1. The molecule has 0 amide bonds. The highest BCUT2D eigenvalue weighted by Gasteiger charge is 2.19. The zero-order valence-electron chi connectivity index (χ0n) is 10.3. The summed E-state index contributed by atoms with van der Waals surface area (Å²) >= 11 is 0. The van der Waals surface area contributed by atoms with Gasteiger partial charge in [-0.25, -0.2) is 0 Å². The smallest absolute Gasteiger partial charge is 0.159 e. The van der Waals surface area contributed by atoms with Gasteiger partial charge in [0.15, 0.2) is 5.75 Å². The molecule has 2 fully saturated rings. The van der Waals surface area contributed by atoms with Crippen molar-refractivity contribution in [3.05, 3.63) is 12.4 Å². The summed E-state index contributed by atoms with van der Waals surface area (Å²) in [5, 5.41) is 7.81. The summed E-state index contributed by atoms with van der Waals surface area (Å²) < 4.78 is 7.99. The summed E-state index contributed by atoms with van der Waals surface area (Å²) in [7, 11) is 0. The molecule has 1 aliphatic carbocycles. The molecule has 1 N–H and O–H groups in total. The lowest BCUT2D eigenvalue weighted by molar-refractivity contribution is 0.132. The molecule has 2 aliphatic rings. The molecule has 1 aromatic heterocycles. The molecule has 0 radical (unpaired) electrons. The van der Waals surface area contributed by atoms with Crippen LogP contribution in [-0.2, 0) is 0 Å². The third-order valence-corrected chi connectivity index (χ3v) is 3.82. The van der Waals surface area contributed by atoms with Crippen LogP contribution in [0.2, 0.25) is 0 Å². The van der Waals surface area contributed by atoms with Crippen LogP contribution in [0.25, 0.3) is 0 Å². The molecule has 2 heterocycles. The standard InChI is InChI=1S/C13H21N3O/c1-2-6-11(5-1)16-10-12(9-15-16)17-13-7-3-4-8-14-13/h9-11,13-14H,1-8H2. The second kappa shape index (κ2) is 5.08. The number of piperidine rings is 1. The van der Waals surface area contributed by atoms with Crippen molar-refractivity contribution in [2.24, 2.45) is 0 Å². The number of nitrogens with one attached hydrogen (secondary N) is 1. The summed E-state index contributed by atoms with van der Waals surface area (Å²) in [5.41, 5.74) is 0. The minimum atomic E-state index is 0.185. The number of ether oxygens (including phenoxy) is 1. The van der Waals surface area contributed by atoms with Crippen LogP contribution in [0.4, 0.5) is 0 Å². The Kier molecular flexibility index (Phi) is 3.31. The van der Waals surface area contributed by atoms with E-state index in [1.54, 1.807) is 0 Å². The predicted molar refractivity (Wildman–Crippen MR) is 66.0 cm³/mol. The molecular weight excluding hydrogens is 214 g/mol. The monoisotopic (exact) mass is 235 g/mol. The maximum atomic E-state index is 5.90. The molecular formula is C13H21N3O. The summed E-state index contributed by atoms with van der Waals surface area (Å²) in [5.74, 6) is 0.913. The molecule has 17 heavy (non-hydrogen) atoms. The van der Waals surface area contributed by atoms with E-state index in [4.69, 9.17) is 4.74 Å². The van der Waals surface area contributed by atoms with Crippen molar-refractivity contribution in [3.63, 3.8) is 0 Å². The van der Waals surface area contributed by atoms with Crippen LogP contribution < -0.4 is 10.1 Å². The number of nitrogens with zero attached hydrogens (tertiary/aromatic N) is 2. The van der Waals surface area contributed by atoms with Gasteiger partial charge in [-0.15, -0.1) is 0 Å². The molecule has 1 aromatic rings. The molecule has 4 nitrogen and oxygen atoms in total. The van der Waals surface area contributed by atoms with Crippen LogP contribution in [0.5, 0.6) is 5.75 Å². The fourth-order valence-corrected chi connectivity index (χ4v) is 2.83. The fraction of sp³-hybridized carbons (Fsp3) is 0.769. The first-order valence-corrected chi connectivity index (χ1v) is 6.86. The number of aromatic nitrogens is 2. The van der Waals surface area contributed by atoms with E-state index in [0.717, 1.165) is 18.7 Å². The Balaban J connectivity index is 1.59. The Morgan fingerprint density at radius 2 is 2.00 bits per heavy atom. The van der Waals surface area contributed by atoms with E-state index in [1.165, 1.54) is 38.5 Å². The van der Waals surface area contributed by atoms with Crippen LogP contribution in [0.3, 0.4) is 0 Å². The first-order valence-electron chi connectivity index (χ1n) is 6.86. The van der Waals surface area contributed by atoms with Gasteiger partial charge in [0.1, 0.15) is 6.23 Å². The van der Waals surface area contributed by atoms with Crippen molar-refractivity contribution >= 4 is 0 Å². The molecule has 4 heteroatoms. The highest BCUT2D eigenvalue weighted by molar-refractivity contribution is 5.13. The van der Waals surface area contributed by atoms with Gasteiger partial charge in [0.25, 0.3) is 0 Å². The molecule has 1 saturated carbocycles. The lowest BCUT2D eigenvalue weighted by Gasteiger charge is -2.23. The summed E-state index contributed by atoms with van der Waals surface area (Å²) in [4.78, 5) is 0. The number of rotatable bonds is 3. The maximum absolute atomic E-state index is 5.90. The first-order chi connectivity index (χ1) is 8.42. The Labute approximate surface area is 102 Å². The second-order valence-electron chi connectivity index (χ2n) is 5.15. The molecule has 0 aromatic carbocycles. The van der Waals surface area contributed by atoms with Crippen LogP contribution in [0, 0.1) is 0 Å². The van der Waals surface area contributed by atoms with Crippen LogP contribution in [0.1, 0.15) is 51.0 Å². The van der Waals surface area contributed by atoms with Crippen LogP contribution in [-0.4, -0.2) is 22.6 Å². The van der Waals surface area contributed by atoms with Gasteiger partial charge in [-0.05, 0) is 38.6 Å². The van der Waals surface area contributed by atoms with E-state index >= 15 is 0 Å². The van der Waals surface area contributed by atoms with Gasteiger partial charge in [0, 0.05) is 0 Å². The maximum Gasteiger partial charge on any atom is 0.159 e. The van der Waals surface area contributed by atoms with Crippen molar-refractivity contribution in [2.75, 3.05) is 6.54 Å². The van der Waals surface area contributed by atoms with E-state index in [1.807, 2.05) is 6.20 Å². The molecule has 0 spiro atoms. The molecule has 1 atom stereocenters. The molecule has 94 valence electrons. The average molecular weight is 235 g/mol. The average Bonchev–Trinajstić information content (AvgIpc) is 3.00.